The fraction of sp³-hybridized carbons (Fsp3) is 0.0714. The number of nitrogens with zero attached hydrogens (tertiary/aromatic N) is 1. The fourth-order valence-electron chi connectivity index (χ4n) is 1.65. The number of hydrogen-bond acceptors (Lipinski definition) is 4. The summed E-state index contributed by atoms with van der Waals surface area (Å²) in [6.07, 6.45) is -1.36. The number of phenolic OH excluding ortho intramolecular Hbond substituents is 2. The standard InChI is InChI=1S/C14H13NO5/c16-12-6-11(7-13(17)8-12)15(14(18)19)20-9-10-4-2-1-3-5-10/h1-8,16-17H,9H2,(H,18,19). The van der Waals surface area contributed by atoms with E-state index in [0.29, 0.717) is 5.06 Å². The molecule has 0 bridgehead atoms. The topological polar surface area (TPSA) is 90.2 Å². The van der Waals surface area contributed by atoms with Crippen molar-refractivity contribution in [3.8, 4) is 11.5 Å². The van der Waals surface area contributed by atoms with E-state index in [1.54, 1.807) is 12.1 Å². The van der Waals surface area contributed by atoms with Crippen LogP contribution in [0.1, 0.15) is 5.56 Å². The Morgan fingerprint density at radius 1 is 1.05 bits per heavy atom. The molecule has 0 unspecified atom stereocenters. The summed E-state index contributed by atoms with van der Waals surface area (Å²) < 4.78 is 0. The molecule has 104 valence electrons. The molecule has 0 aliphatic rings. The molecule has 0 heterocycles. The minimum absolute atomic E-state index is 0.0194. The first-order chi connectivity index (χ1) is 9.56. The zero-order chi connectivity index (χ0) is 14.5. The number of benzene rings is 2. The van der Waals surface area contributed by atoms with Crippen molar-refractivity contribution in [3.05, 3.63) is 54.1 Å². The third kappa shape index (κ3) is 3.39. The monoisotopic (exact) mass is 275 g/mol. The van der Waals surface area contributed by atoms with Gasteiger partial charge in [0.15, 0.2) is 0 Å². The molecule has 6 heteroatoms. The quantitative estimate of drug-likeness (QED) is 0.746. The zero-order valence-electron chi connectivity index (χ0n) is 10.4. The Bertz CT molecular complexity index is 580. The van der Waals surface area contributed by atoms with E-state index in [4.69, 9.17) is 9.94 Å². The van der Waals surface area contributed by atoms with Gasteiger partial charge in [0.1, 0.15) is 18.1 Å². The highest BCUT2D eigenvalue weighted by Gasteiger charge is 2.17. The molecule has 0 aromatic heterocycles. The summed E-state index contributed by atoms with van der Waals surface area (Å²) in [5.41, 5.74) is 0.814. The molecule has 0 radical (unpaired) electrons. The summed E-state index contributed by atoms with van der Waals surface area (Å²) in [7, 11) is 0. The summed E-state index contributed by atoms with van der Waals surface area (Å²) in [6, 6.07) is 12.5. The van der Waals surface area contributed by atoms with Crippen molar-refractivity contribution in [2.45, 2.75) is 6.61 Å². The van der Waals surface area contributed by atoms with Crippen LogP contribution < -0.4 is 5.06 Å². The number of carboxylic acid groups (broad SMARTS) is 1. The summed E-state index contributed by atoms with van der Waals surface area (Å²) in [6.45, 7) is 0.0452. The third-order valence-corrected chi connectivity index (χ3v) is 2.50. The predicted molar refractivity (Wildman–Crippen MR) is 71.5 cm³/mol. The lowest BCUT2D eigenvalue weighted by atomic mass is 10.2. The van der Waals surface area contributed by atoms with Gasteiger partial charge in [0.25, 0.3) is 0 Å². The minimum Gasteiger partial charge on any atom is -0.508 e. The Hall–Kier alpha value is -2.73. The number of carbonyl (C=O) groups is 1. The Balaban J connectivity index is 2.17. The molecular formula is C14H13NO5. The summed E-state index contributed by atoms with van der Waals surface area (Å²) in [4.78, 5) is 16.4. The van der Waals surface area contributed by atoms with E-state index in [-0.39, 0.29) is 23.8 Å². The van der Waals surface area contributed by atoms with Crippen molar-refractivity contribution in [3.63, 3.8) is 0 Å². The number of hydroxylamine groups is 1. The van der Waals surface area contributed by atoms with Gasteiger partial charge >= 0.3 is 6.09 Å². The molecule has 3 N–H and O–H groups in total. The van der Waals surface area contributed by atoms with E-state index in [1.807, 2.05) is 18.2 Å². The molecule has 20 heavy (non-hydrogen) atoms. The molecule has 2 aromatic rings. The highest BCUT2D eigenvalue weighted by atomic mass is 16.7. The second-order valence-electron chi connectivity index (χ2n) is 4.04. The maximum absolute atomic E-state index is 11.2. The van der Waals surface area contributed by atoms with Crippen molar-refractivity contribution in [2.75, 3.05) is 5.06 Å². The van der Waals surface area contributed by atoms with Crippen LogP contribution in [-0.4, -0.2) is 21.4 Å². The van der Waals surface area contributed by atoms with Gasteiger partial charge in [0.2, 0.25) is 0 Å². The van der Waals surface area contributed by atoms with Crippen molar-refractivity contribution >= 4 is 11.8 Å². The molecule has 6 nitrogen and oxygen atoms in total. The molecule has 0 spiro atoms. The lowest BCUT2D eigenvalue weighted by Gasteiger charge is -2.19. The molecule has 2 rings (SSSR count). The molecule has 1 amide bonds. The van der Waals surface area contributed by atoms with Crippen LogP contribution in [0.2, 0.25) is 0 Å². The molecular weight excluding hydrogens is 262 g/mol. The fourth-order valence-corrected chi connectivity index (χ4v) is 1.65. The van der Waals surface area contributed by atoms with Gasteiger partial charge in [-0.1, -0.05) is 30.3 Å². The van der Waals surface area contributed by atoms with E-state index < -0.39 is 6.09 Å². The first-order valence-electron chi connectivity index (χ1n) is 5.79. The molecule has 0 fully saturated rings. The zero-order valence-corrected chi connectivity index (χ0v) is 10.4. The van der Waals surface area contributed by atoms with Gasteiger partial charge in [0.05, 0.1) is 5.69 Å². The van der Waals surface area contributed by atoms with Crippen LogP contribution in [0.5, 0.6) is 11.5 Å². The highest BCUT2D eigenvalue weighted by Crippen LogP contribution is 2.27. The Kier molecular flexibility index (Phi) is 4.07. The molecule has 2 aromatic carbocycles. The lowest BCUT2D eigenvalue weighted by Crippen LogP contribution is -2.29. The maximum atomic E-state index is 11.2. The summed E-state index contributed by atoms with van der Waals surface area (Å²) in [5.74, 6) is -0.510. The normalized spacial score (nSPS) is 10.2. The average molecular weight is 275 g/mol. The lowest BCUT2D eigenvalue weighted by molar-refractivity contribution is 0.0849. The van der Waals surface area contributed by atoms with Crippen LogP contribution in [0.15, 0.2) is 48.5 Å². The van der Waals surface area contributed by atoms with Gasteiger partial charge in [-0.2, -0.15) is 5.06 Å². The first kappa shape index (κ1) is 13.7. The Morgan fingerprint density at radius 3 is 2.20 bits per heavy atom. The number of rotatable bonds is 4. The second-order valence-corrected chi connectivity index (χ2v) is 4.04. The van der Waals surface area contributed by atoms with Crippen molar-refractivity contribution in [1.29, 1.82) is 0 Å². The first-order valence-corrected chi connectivity index (χ1v) is 5.79. The Morgan fingerprint density at radius 2 is 1.65 bits per heavy atom. The van der Waals surface area contributed by atoms with Crippen LogP contribution in [0, 0.1) is 0 Å². The van der Waals surface area contributed by atoms with Gasteiger partial charge in [-0.05, 0) is 5.56 Å². The van der Waals surface area contributed by atoms with Gasteiger partial charge in [-0.15, -0.1) is 0 Å². The van der Waals surface area contributed by atoms with Crippen molar-refractivity contribution in [2.24, 2.45) is 0 Å². The highest BCUT2D eigenvalue weighted by molar-refractivity contribution is 5.84. The van der Waals surface area contributed by atoms with Crippen molar-refractivity contribution < 1.29 is 25.0 Å². The summed E-state index contributed by atoms with van der Waals surface area (Å²) in [5, 5.41) is 28.5. The largest absolute Gasteiger partial charge is 0.508 e. The average Bonchev–Trinajstić information content (AvgIpc) is 2.38. The number of amides is 1. The minimum atomic E-state index is -1.36. The smallest absolute Gasteiger partial charge is 0.436 e. The number of aromatic hydroxyl groups is 2. The Labute approximate surface area is 115 Å². The van der Waals surface area contributed by atoms with Crippen LogP contribution >= 0.6 is 0 Å². The summed E-state index contributed by atoms with van der Waals surface area (Å²) >= 11 is 0. The molecule has 0 aliphatic heterocycles. The molecule has 0 atom stereocenters. The molecule has 0 saturated carbocycles. The van der Waals surface area contributed by atoms with E-state index in [1.165, 1.54) is 12.1 Å². The van der Waals surface area contributed by atoms with Gasteiger partial charge in [-0.25, -0.2) is 4.79 Å². The van der Waals surface area contributed by atoms with Gasteiger partial charge < -0.3 is 15.3 Å². The van der Waals surface area contributed by atoms with Crippen LogP contribution in [0.3, 0.4) is 0 Å². The van der Waals surface area contributed by atoms with Crippen LogP contribution in [-0.2, 0) is 11.4 Å². The van der Waals surface area contributed by atoms with Gasteiger partial charge in [0, 0.05) is 18.2 Å². The third-order valence-electron chi connectivity index (χ3n) is 2.50. The van der Waals surface area contributed by atoms with E-state index in [0.717, 1.165) is 11.6 Å². The molecule has 0 saturated heterocycles. The SMILES string of the molecule is O=C(O)N(OCc1ccccc1)c1cc(O)cc(O)c1. The number of anilines is 1. The van der Waals surface area contributed by atoms with E-state index in [9.17, 15) is 15.0 Å². The van der Waals surface area contributed by atoms with E-state index >= 15 is 0 Å². The molecule has 0 aliphatic carbocycles. The number of hydrogen-bond donors (Lipinski definition) is 3. The van der Waals surface area contributed by atoms with Crippen molar-refractivity contribution in [1.82, 2.24) is 0 Å². The van der Waals surface area contributed by atoms with Gasteiger partial charge in [-0.3, -0.25) is 4.84 Å². The van der Waals surface area contributed by atoms with E-state index in [2.05, 4.69) is 0 Å². The van der Waals surface area contributed by atoms with Crippen LogP contribution in [0.4, 0.5) is 10.5 Å². The number of phenols is 2. The second kappa shape index (κ2) is 5.94. The maximum Gasteiger partial charge on any atom is 0.436 e. The predicted octanol–water partition coefficient (Wildman–Crippen LogP) is 2.71. The van der Waals surface area contributed by atoms with Crippen LogP contribution in [0.25, 0.3) is 0 Å².